The van der Waals surface area contributed by atoms with Gasteiger partial charge in [0.2, 0.25) is 0 Å². The molecule has 1 aromatic heterocycles. The number of hydrogen-bond donors (Lipinski definition) is 0. The molecule has 0 spiro atoms. The van der Waals surface area contributed by atoms with E-state index < -0.39 is 0 Å². The second-order valence-corrected chi connectivity index (χ2v) is 4.97. The molecule has 20 heavy (non-hydrogen) atoms. The van der Waals surface area contributed by atoms with Gasteiger partial charge < -0.3 is 0 Å². The predicted molar refractivity (Wildman–Crippen MR) is 84.7 cm³/mol. The zero-order chi connectivity index (χ0) is 13.4. The molecule has 94 valence electrons. The van der Waals surface area contributed by atoms with E-state index in [1.807, 2.05) is 18.5 Å². The Labute approximate surface area is 117 Å². The van der Waals surface area contributed by atoms with Gasteiger partial charge in [-0.3, -0.25) is 4.98 Å². The van der Waals surface area contributed by atoms with Gasteiger partial charge in [-0.25, -0.2) is 0 Å². The smallest absolute Gasteiger partial charge is 0.0352 e. The van der Waals surface area contributed by atoms with Crippen LogP contribution in [0.4, 0.5) is 0 Å². The van der Waals surface area contributed by atoms with Crippen LogP contribution in [0.15, 0.2) is 79.1 Å². The maximum absolute atomic E-state index is 4.37. The first kappa shape index (κ1) is 11.2. The highest BCUT2D eigenvalue weighted by molar-refractivity contribution is 5.98. The van der Waals surface area contributed by atoms with Crippen molar-refractivity contribution in [2.75, 3.05) is 0 Å². The molecule has 1 heteroatoms. The fourth-order valence-corrected chi connectivity index (χ4v) is 2.70. The van der Waals surface area contributed by atoms with Crippen LogP contribution in [-0.2, 0) is 0 Å². The highest BCUT2D eigenvalue weighted by atomic mass is 14.6. The molecule has 4 aromatic rings. The normalized spacial score (nSPS) is 11.0. The van der Waals surface area contributed by atoms with Crippen LogP contribution in [0.3, 0.4) is 0 Å². The van der Waals surface area contributed by atoms with Crippen LogP contribution in [0.1, 0.15) is 0 Å². The molecule has 3 aromatic carbocycles. The largest absolute Gasteiger partial charge is 0.263 e. The monoisotopic (exact) mass is 255 g/mol. The Bertz CT molecular complexity index is 904. The van der Waals surface area contributed by atoms with Crippen molar-refractivity contribution in [2.45, 2.75) is 0 Å². The summed E-state index contributed by atoms with van der Waals surface area (Å²) in [6, 6.07) is 23.4. The zero-order valence-corrected chi connectivity index (χ0v) is 11.0. The van der Waals surface area contributed by atoms with Crippen LogP contribution in [0.25, 0.3) is 32.7 Å². The van der Waals surface area contributed by atoms with Crippen LogP contribution >= 0.6 is 0 Å². The molecule has 0 amide bonds. The average molecular weight is 255 g/mol. The molecule has 0 aliphatic carbocycles. The third kappa shape index (κ3) is 1.76. The summed E-state index contributed by atoms with van der Waals surface area (Å²) in [6.45, 7) is 0. The summed E-state index contributed by atoms with van der Waals surface area (Å²) in [5.74, 6) is 0. The summed E-state index contributed by atoms with van der Waals surface area (Å²) in [7, 11) is 0. The molecule has 0 unspecified atom stereocenters. The van der Waals surface area contributed by atoms with Crippen molar-refractivity contribution in [3.8, 4) is 11.1 Å². The molecule has 0 saturated heterocycles. The molecule has 1 nitrogen and oxygen atoms in total. The molecule has 4 rings (SSSR count). The summed E-state index contributed by atoms with van der Waals surface area (Å²) >= 11 is 0. The Morgan fingerprint density at radius 2 is 1.35 bits per heavy atom. The maximum atomic E-state index is 4.37. The van der Waals surface area contributed by atoms with E-state index in [-0.39, 0.29) is 0 Å². The van der Waals surface area contributed by atoms with Crippen LogP contribution in [0, 0.1) is 0 Å². The minimum Gasteiger partial charge on any atom is -0.263 e. The first-order valence-corrected chi connectivity index (χ1v) is 6.74. The molecule has 0 aliphatic rings. The van der Waals surface area contributed by atoms with Crippen molar-refractivity contribution >= 4 is 21.5 Å². The van der Waals surface area contributed by atoms with Gasteiger partial charge in [0.1, 0.15) is 0 Å². The highest BCUT2D eigenvalue weighted by Gasteiger charge is 2.04. The van der Waals surface area contributed by atoms with Crippen molar-refractivity contribution in [1.29, 1.82) is 0 Å². The van der Waals surface area contributed by atoms with Crippen molar-refractivity contribution < 1.29 is 0 Å². The fourth-order valence-electron chi connectivity index (χ4n) is 2.70. The topological polar surface area (TPSA) is 12.9 Å². The van der Waals surface area contributed by atoms with E-state index in [0.717, 1.165) is 0 Å². The van der Waals surface area contributed by atoms with Gasteiger partial charge in [0.25, 0.3) is 0 Å². The number of nitrogens with zero attached hydrogens (tertiary/aromatic N) is 1. The van der Waals surface area contributed by atoms with E-state index in [0.29, 0.717) is 0 Å². The molecule has 0 atom stereocenters. The Morgan fingerprint density at radius 3 is 2.25 bits per heavy atom. The van der Waals surface area contributed by atoms with E-state index in [1.54, 1.807) is 0 Å². The number of aromatic nitrogens is 1. The average Bonchev–Trinajstić information content (AvgIpc) is 2.54. The summed E-state index contributed by atoms with van der Waals surface area (Å²) in [4.78, 5) is 4.37. The van der Waals surface area contributed by atoms with E-state index in [9.17, 15) is 0 Å². The minimum absolute atomic E-state index is 1.18. The SMILES string of the molecule is c1ccc2cc(-c3cncc4ccccc34)ccc2c1. The van der Waals surface area contributed by atoms with E-state index in [2.05, 4.69) is 65.6 Å². The second-order valence-electron chi connectivity index (χ2n) is 4.97. The number of pyridine rings is 1. The van der Waals surface area contributed by atoms with Crippen LogP contribution < -0.4 is 0 Å². The van der Waals surface area contributed by atoms with Crippen LogP contribution in [0.5, 0.6) is 0 Å². The molecule has 0 bridgehead atoms. The molecule has 0 N–H and O–H groups in total. The van der Waals surface area contributed by atoms with Gasteiger partial charge in [-0.1, -0.05) is 60.7 Å². The Morgan fingerprint density at radius 1 is 0.600 bits per heavy atom. The lowest BCUT2D eigenvalue weighted by atomic mass is 9.98. The number of hydrogen-bond acceptors (Lipinski definition) is 1. The minimum atomic E-state index is 1.18. The second kappa shape index (κ2) is 4.46. The Kier molecular flexibility index (Phi) is 2.49. The number of benzene rings is 3. The molecule has 0 radical (unpaired) electrons. The lowest BCUT2D eigenvalue weighted by molar-refractivity contribution is 1.36. The first-order chi connectivity index (χ1) is 9.92. The van der Waals surface area contributed by atoms with Gasteiger partial charge in [0.05, 0.1) is 0 Å². The van der Waals surface area contributed by atoms with Gasteiger partial charge >= 0.3 is 0 Å². The molecule has 0 fully saturated rings. The molecular formula is C19H13N. The standard InChI is InChI=1S/C19H13N/c1-2-6-15-11-16(10-9-14(15)5-1)19-13-20-12-17-7-3-4-8-18(17)19/h1-13H. The van der Waals surface area contributed by atoms with E-state index >= 15 is 0 Å². The van der Waals surface area contributed by atoms with Gasteiger partial charge in [0, 0.05) is 23.3 Å². The van der Waals surface area contributed by atoms with E-state index in [4.69, 9.17) is 0 Å². The Balaban J connectivity index is 2.01. The lowest BCUT2D eigenvalue weighted by Gasteiger charge is -2.07. The quantitative estimate of drug-likeness (QED) is 0.463. The van der Waals surface area contributed by atoms with Crippen molar-refractivity contribution in [1.82, 2.24) is 4.98 Å². The number of fused-ring (bicyclic) bond motifs is 2. The highest BCUT2D eigenvalue weighted by Crippen LogP contribution is 2.29. The molecule has 1 heterocycles. The Hall–Kier alpha value is -2.67. The molecule has 0 aliphatic heterocycles. The summed E-state index contributed by atoms with van der Waals surface area (Å²) in [5.41, 5.74) is 2.40. The summed E-state index contributed by atoms with van der Waals surface area (Å²) in [6.07, 6.45) is 3.87. The fraction of sp³-hybridized carbons (Fsp3) is 0. The van der Waals surface area contributed by atoms with Crippen molar-refractivity contribution in [3.63, 3.8) is 0 Å². The van der Waals surface area contributed by atoms with Crippen molar-refractivity contribution in [2.24, 2.45) is 0 Å². The van der Waals surface area contributed by atoms with Gasteiger partial charge in [-0.05, 0) is 27.8 Å². The maximum Gasteiger partial charge on any atom is 0.0352 e. The van der Waals surface area contributed by atoms with Gasteiger partial charge in [-0.2, -0.15) is 0 Å². The molecular weight excluding hydrogens is 242 g/mol. The summed E-state index contributed by atoms with van der Waals surface area (Å²) in [5, 5.41) is 4.96. The number of rotatable bonds is 1. The third-order valence-electron chi connectivity index (χ3n) is 3.73. The predicted octanol–water partition coefficient (Wildman–Crippen LogP) is 5.06. The third-order valence-corrected chi connectivity index (χ3v) is 3.73. The van der Waals surface area contributed by atoms with Crippen LogP contribution in [-0.4, -0.2) is 4.98 Å². The first-order valence-electron chi connectivity index (χ1n) is 6.74. The van der Waals surface area contributed by atoms with E-state index in [1.165, 1.54) is 32.7 Å². The summed E-state index contributed by atoms with van der Waals surface area (Å²) < 4.78 is 0. The zero-order valence-electron chi connectivity index (χ0n) is 11.0. The van der Waals surface area contributed by atoms with Crippen molar-refractivity contribution in [3.05, 3.63) is 79.1 Å². The molecule has 0 saturated carbocycles. The van der Waals surface area contributed by atoms with Gasteiger partial charge in [0.15, 0.2) is 0 Å². The lowest BCUT2D eigenvalue weighted by Crippen LogP contribution is -1.84. The van der Waals surface area contributed by atoms with Crippen LogP contribution in [0.2, 0.25) is 0 Å². The van der Waals surface area contributed by atoms with Gasteiger partial charge in [-0.15, -0.1) is 0 Å².